The second kappa shape index (κ2) is 4.41. The fraction of sp³-hybridized carbons (Fsp3) is 0.308. The molecular weight excluding hydrogens is 234 g/mol. The molecule has 0 aliphatic rings. The lowest BCUT2D eigenvalue weighted by atomic mass is 10.0. The Kier molecular flexibility index (Phi) is 3.11. The zero-order valence-corrected chi connectivity index (χ0v) is 11.0. The minimum absolute atomic E-state index is 0.0856. The summed E-state index contributed by atoms with van der Waals surface area (Å²) in [6.07, 6.45) is 0. The van der Waals surface area contributed by atoms with Crippen LogP contribution in [0.3, 0.4) is 0 Å². The standard InChI is InChI=1S/C13H16ClN3/c1-8-6-4-5-7-11(8)10(3)17-13(15)12(14)9(2)16-17/h4-7,10H,15H2,1-3H3. The van der Waals surface area contributed by atoms with E-state index >= 15 is 0 Å². The van der Waals surface area contributed by atoms with Gasteiger partial charge in [0.25, 0.3) is 0 Å². The molecule has 2 rings (SSSR count). The van der Waals surface area contributed by atoms with Crippen LogP contribution >= 0.6 is 11.6 Å². The predicted molar refractivity (Wildman–Crippen MR) is 71.4 cm³/mol. The van der Waals surface area contributed by atoms with Crippen molar-refractivity contribution >= 4 is 17.4 Å². The van der Waals surface area contributed by atoms with Gasteiger partial charge in [-0.3, -0.25) is 0 Å². The van der Waals surface area contributed by atoms with E-state index in [1.165, 1.54) is 11.1 Å². The van der Waals surface area contributed by atoms with Gasteiger partial charge in [0.05, 0.1) is 11.7 Å². The Morgan fingerprint density at radius 2 is 1.94 bits per heavy atom. The van der Waals surface area contributed by atoms with Gasteiger partial charge in [-0.1, -0.05) is 35.9 Å². The first kappa shape index (κ1) is 12.0. The van der Waals surface area contributed by atoms with Gasteiger partial charge in [0.2, 0.25) is 0 Å². The van der Waals surface area contributed by atoms with Crippen molar-refractivity contribution in [3.05, 3.63) is 46.1 Å². The number of hydrogen-bond acceptors (Lipinski definition) is 2. The van der Waals surface area contributed by atoms with Gasteiger partial charge in [-0.15, -0.1) is 0 Å². The lowest BCUT2D eigenvalue weighted by Gasteiger charge is -2.16. The van der Waals surface area contributed by atoms with Gasteiger partial charge in [0, 0.05) is 0 Å². The van der Waals surface area contributed by atoms with Crippen molar-refractivity contribution in [3.63, 3.8) is 0 Å². The molecule has 1 atom stereocenters. The van der Waals surface area contributed by atoms with Gasteiger partial charge in [-0.2, -0.15) is 5.10 Å². The van der Waals surface area contributed by atoms with E-state index in [0.29, 0.717) is 10.8 Å². The zero-order chi connectivity index (χ0) is 12.6. The molecular formula is C13H16ClN3. The predicted octanol–water partition coefficient (Wildman–Crippen LogP) is 3.34. The highest BCUT2D eigenvalue weighted by molar-refractivity contribution is 6.33. The summed E-state index contributed by atoms with van der Waals surface area (Å²) >= 11 is 6.06. The number of hydrogen-bond donors (Lipinski definition) is 1. The van der Waals surface area contributed by atoms with Crippen molar-refractivity contribution < 1.29 is 0 Å². The summed E-state index contributed by atoms with van der Waals surface area (Å²) in [5.41, 5.74) is 9.16. The molecule has 90 valence electrons. The largest absolute Gasteiger partial charge is 0.383 e. The number of aryl methyl sites for hydroxylation is 2. The van der Waals surface area contributed by atoms with E-state index in [9.17, 15) is 0 Å². The molecule has 0 fully saturated rings. The van der Waals surface area contributed by atoms with E-state index < -0.39 is 0 Å². The van der Waals surface area contributed by atoms with Gasteiger partial charge in [-0.25, -0.2) is 4.68 Å². The third-order valence-corrected chi connectivity index (χ3v) is 3.52. The molecule has 2 aromatic rings. The first-order chi connectivity index (χ1) is 8.02. The van der Waals surface area contributed by atoms with Crippen LogP contribution in [0.25, 0.3) is 0 Å². The van der Waals surface area contributed by atoms with E-state index in [0.717, 1.165) is 5.69 Å². The highest BCUT2D eigenvalue weighted by atomic mass is 35.5. The molecule has 0 saturated heterocycles. The molecule has 1 aromatic heterocycles. The van der Waals surface area contributed by atoms with Crippen molar-refractivity contribution in [1.29, 1.82) is 0 Å². The van der Waals surface area contributed by atoms with Crippen molar-refractivity contribution in [1.82, 2.24) is 9.78 Å². The van der Waals surface area contributed by atoms with Crippen LogP contribution in [0.4, 0.5) is 5.82 Å². The monoisotopic (exact) mass is 249 g/mol. The second-order valence-corrected chi connectivity index (χ2v) is 4.64. The minimum Gasteiger partial charge on any atom is -0.383 e. The molecule has 0 bridgehead atoms. The topological polar surface area (TPSA) is 43.8 Å². The number of halogens is 1. The van der Waals surface area contributed by atoms with Gasteiger partial charge in [-0.05, 0) is 31.9 Å². The molecule has 0 saturated carbocycles. The Labute approximate surface area is 106 Å². The summed E-state index contributed by atoms with van der Waals surface area (Å²) < 4.78 is 1.78. The first-order valence-corrected chi connectivity index (χ1v) is 5.95. The van der Waals surface area contributed by atoms with E-state index in [1.54, 1.807) is 4.68 Å². The van der Waals surface area contributed by atoms with E-state index in [2.05, 4.69) is 31.1 Å². The number of rotatable bonds is 2. The third-order valence-electron chi connectivity index (χ3n) is 3.05. The van der Waals surface area contributed by atoms with Crippen molar-refractivity contribution in [2.24, 2.45) is 0 Å². The molecule has 0 amide bonds. The van der Waals surface area contributed by atoms with E-state index in [1.807, 2.05) is 19.1 Å². The van der Waals surface area contributed by atoms with Gasteiger partial charge >= 0.3 is 0 Å². The summed E-state index contributed by atoms with van der Waals surface area (Å²) in [7, 11) is 0. The molecule has 1 heterocycles. The number of nitrogens with two attached hydrogens (primary N) is 1. The number of benzene rings is 1. The van der Waals surface area contributed by atoms with Crippen LogP contribution in [0.5, 0.6) is 0 Å². The number of nitrogens with zero attached hydrogens (tertiary/aromatic N) is 2. The smallest absolute Gasteiger partial charge is 0.141 e. The maximum atomic E-state index is 6.06. The molecule has 0 radical (unpaired) electrons. The number of aromatic nitrogens is 2. The Bertz CT molecular complexity index is 546. The maximum absolute atomic E-state index is 6.06. The molecule has 2 N–H and O–H groups in total. The van der Waals surface area contributed by atoms with Crippen LogP contribution in [0.2, 0.25) is 5.02 Å². The van der Waals surface area contributed by atoms with Crippen LogP contribution in [0.1, 0.15) is 29.8 Å². The SMILES string of the molecule is Cc1ccccc1C(C)n1nc(C)c(Cl)c1N. The average molecular weight is 250 g/mol. The quantitative estimate of drug-likeness (QED) is 0.887. The number of anilines is 1. The van der Waals surface area contributed by atoms with Crippen LogP contribution < -0.4 is 5.73 Å². The molecule has 17 heavy (non-hydrogen) atoms. The molecule has 1 aromatic carbocycles. The van der Waals surface area contributed by atoms with Crippen LogP contribution in [-0.4, -0.2) is 9.78 Å². The highest BCUT2D eigenvalue weighted by Gasteiger charge is 2.17. The third kappa shape index (κ3) is 2.03. The van der Waals surface area contributed by atoms with E-state index in [4.69, 9.17) is 17.3 Å². The average Bonchev–Trinajstić information content (AvgIpc) is 2.57. The van der Waals surface area contributed by atoms with Gasteiger partial charge in [0.15, 0.2) is 0 Å². The summed E-state index contributed by atoms with van der Waals surface area (Å²) in [4.78, 5) is 0. The minimum atomic E-state index is 0.0856. The van der Waals surface area contributed by atoms with Gasteiger partial charge in [0.1, 0.15) is 10.8 Å². The lowest BCUT2D eigenvalue weighted by molar-refractivity contribution is 0.566. The zero-order valence-electron chi connectivity index (χ0n) is 10.2. The Hall–Kier alpha value is -1.48. The summed E-state index contributed by atoms with van der Waals surface area (Å²) in [5.74, 6) is 0.528. The second-order valence-electron chi connectivity index (χ2n) is 4.26. The van der Waals surface area contributed by atoms with E-state index in [-0.39, 0.29) is 6.04 Å². The Morgan fingerprint density at radius 3 is 2.47 bits per heavy atom. The first-order valence-electron chi connectivity index (χ1n) is 5.58. The van der Waals surface area contributed by atoms with Crippen molar-refractivity contribution in [2.75, 3.05) is 5.73 Å². The molecule has 0 aliphatic carbocycles. The normalized spacial score (nSPS) is 12.7. The summed E-state index contributed by atoms with van der Waals surface area (Å²) in [6.45, 7) is 6.02. The summed E-state index contributed by atoms with van der Waals surface area (Å²) in [5, 5.41) is 4.93. The lowest BCUT2D eigenvalue weighted by Crippen LogP contribution is -2.12. The highest BCUT2D eigenvalue weighted by Crippen LogP contribution is 2.29. The fourth-order valence-electron chi connectivity index (χ4n) is 2.03. The molecule has 4 heteroatoms. The number of nitrogen functional groups attached to an aromatic ring is 1. The fourth-order valence-corrected chi connectivity index (χ4v) is 2.15. The summed E-state index contributed by atoms with van der Waals surface area (Å²) in [6, 6.07) is 8.30. The Morgan fingerprint density at radius 1 is 1.29 bits per heavy atom. The molecule has 1 unspecified atom stereocenters. The molecule has 0 aliphatic heterocycles. The van der Waals surface area contributed by atoms with Crippen LogP contribution in [-0.2, 0) is 0 Å². The van der Waals surface area contributed by atoms with Crippen LogP contribution in [0, 0.1) is 13.8 Å². The Balaban J connectivity index is 2.48. The molecule has 3 nitrogen and oxygen atoms in total. The van der Waals surface area contributed by atoms with Gasteiger partial charge < -0.3 is 5.73 Å². The van der Waals surface area contributed by atoms with Crippen molar-refractivity contribution in [2.45, 2.75) is 26.8 Å². The van der Waals surface area contributed by atoms with Crippen LogP contribution in [0.15, 0.2) is 24.3 Å². The maximum Gasteiger partial charge on any atom is 0.141 e. The molecule has 0 spiro atoms. The van der Waals surface area contributed by atoms with Crippen molar-refractivity contribution in [3.8, 4) is 0 Å².